The first kappa shape index (κ1) is 7.03. The van der Waals surface area contributed by atoms with E-state index in [0.29, 0.717) is 6.54 Å². The molecular weight excluding hydrogens is 130 g/mol. The lowest BCUT2D eigenvalue weighted by Gasteiger charge is -2.06. The van der Waals surface area contributed by atoms with Crippen molar-refractivity contribution in [3.8, 4) is 6.19 Å². The molecule has 1 amide bonds. The van der Waals surface area contributed by atoms with Crippen LogP contribution in [0.4, 0.5) is 0 Å². The molecule has 1 aliphatic rings. The van der Waals surface area contributed by atoms with Crippen molar-refractivity contribution in [3.05, 3.63) is 0 Å². The Balaban J connectivity index is 2.50. The number of carbonyl (C=O) groups is 1. The fraction of sp³-hybridized carbons (Fsp3) is 0.667. The summed E-state index contributed by atoms with van der Waals surface area (Å²) in [7, 11) is 0. The van der Waals surface area contributed by atoms with E-state index in [2.05, 4.69) is 5.32 Å². The highest BCUT2D eigenvalue weighted by molar-refractivity contribution is 5.86. The summed E-state index contributed by atoms with van der Waals surface area (Å²) in [5.74, 6) is -0.225. The third-order valence-electron chi connectivity index (χ3n) is 1.90. The molecule has 0 aromatic rings. The second-order valence-electron chi connectivity index (χ2n) is 2.55. The van der Waals surface area contributed by atoms with E-state index in [4.69, 9.17) is 11.0 Å². The van der Waals surface area contributed by atoms with E-state index in [1.165, 1.54) is 0 Å². The van der Waals surface area contributed by atoms with Gasteiger partial charge in [0.15, 0.2) is 6.19 Å². The number of nitrogens with one attached hydrogen (secondary N) is 1. The van der Waals surface area contributed by atoms with E-state index in [-0.39, 0.29) is 5.91 Å². The molecular formula is C6H9N3O. The average Bonchev–Trinajstić information content (AvgIpc) is 2.68. The van der Waals surface area contributed by atoms with Gasteiger partial charge in [0.05, 0.1) is 5.41 Å². The SMILES string of the molecule is N#CNC(=O)C1(CN)CC1. The Hall–Kier alpha value is -1.08. The minimum atomic E-state index is -0.393. The number of nitriles is 1. The third-order valence-corrected chi connectivity index (χ3v) is 1.90. The molecule has 54 valence electrons. The maximum atomic E-state index is 10.9. The molecule has 0 atom stereocenters. The fourth-order valence-corrected chi connectivity index (χ4v) is 0.858. The Labute approximate surface area is 59.0 Å². The van der Waals surface area contributed by atoms with Gasteiger partial charge in [-0.15, -0.1) is 0 Å². The summed E-state index contributed by atoms with van der Waals surface area (Å²) in [5, 5.41) is 10.2. The van der Waals surface area contributed by atoms with E-state index in [0.717, 1.165) is 12.8 Å². The minimum Gasteiger partial charge on any atom is -0.329 e. The van der Waals surface area contributed by atoms with Gasteiger partial charge in [0.2, 0.25) is 5.91 Å². The van der Waals surface area contributed by atoms with Crippen LogP contribution in [0.25, 0.3) is 0 Å². The van der Waals surface area contributed by atoms with Gasteiger partial charge in [-0.3, -0.25) is 10.1 Å². The molecule has 1 saturated carbocycles. The number of hydrogen-bond donors (Lipinski definition) is 2. The lowest BCUT2D eigenvalue weighted by molar-refractivity contribution is -0.124. The van der Waals surface area contributed by atoms with Crippen LogP contribution >= 0.6 is 0 Å². The number of rotatable bonds is 2. The predicted molar refractivity (Wildman–Crippen MR) is 34.5 cm³/mol. The summed E-state index contributed by atoms with van der Waals surface area (Å²) in [6, 6.07) is 0. The topological polar surface area (TPSA) is 78.9 Å². The summed E-state index contributed by atoms with van der Waals surface area (Å²) >= 11 is 0. The van der Waals surface area contributed by atoms with Crippen molar-refractivity contribution in [1.29, 1.82) is 5.26 Å². The first-order valence-corrected chi connectivity index (χ1v) is 3.15. The van der Waals surface area contributed by atoms with Crippen molar-refractivity contribution in [2.24, 2.45) is 11.1 Å². The highest BCUT2D eigenvalue weighted by Crippen LogP contribution is 2.44. The van der Waals surface area contributed by atoms with Gasteiger partial charge in [-0.2, -0.15) is 5.26 Å². The molecule has 0 radical (unpaired) electrons. The Morgan fingerprint density at radius 3 is 2.70 bits per heavy atom. The molecule has 10 heavy (non-hydrogen) atoms. The van der Waals surface area contributed by atoms with Crippen LogP contribution in [0, 0.1) is 16.9 Å². The van der Waals surface area contributed by atoms with E-state index >= 15 is 0 Å². The summed E-state index contributed by atoms with van der Waals surface area (Å²) in [5.41, 5.74) is 4.94. The summed E-state index contributed by atoms with van der Waals surface area (Å²) in [4.78, 5) is 10.9. The van der Waals surface area contributed by atoms with Crippen LogP contribution in [-0.4, -0.2) is 12.5 Å². The Bertz CT molecular complexity index is 190. The summed E-state index contributed by atoms with van der Waals surface area (Å²) in [6.07, 6.45) is 3.23. The number of hydrogen-bond acceptors (Lipinski definition) is 3. The van der Waals surface area contributed by atoms with Crippen molar-refractivity contribution < 1.29 is 4.79 Å². The van der Waals surface area contributed by atoms with Gasteiger partial charge in [0.1, 0.15) is 0 Å². The molecule has 3 N–H and O–H groups in total. The minimum absolute atomic E-state index is 0.225. The molecule has 1 rings (SSSR count). The number of amides is 1. The highest BCUT2D eigenvalue weighted by atomic mass is 16.2. The standard InChI is InChI=1S/C6H9N3O/c7-3-6(1-2-6)5(10)9-4-8/h1-3,7H2,(H,9,10). The molecule has 0 aliphatic heterocycles. The Kier molecular flexibility index (Phi) is 1.60. The van der Waals surface area contributed by atoms with Crippen LogP contribution in [0.15, 0.2) is 0 Å². The van der Waals surface area contributed by atoms with E-state index < -0.39 is 5.41 Å². The fourth-order valence-electron chi connectivity index (χ4n) is 0.858. The molecule has 1 fully saturated rings. The van der Waals surface area contributed by atoms with Gasteiger partial charge < -0.3 is 5.73 Å². The first-order chi connectivity index (χ1) is 4.75. The molecule has 0 spiro atoms. The van der Waals surface area contributed by atoms with Crippen molar-refractivity contribution in [2.45, 2.75) is 12.8 Å². The van der Waals surface area contributed by atoms with Gasteiger partial charge >= 0.3 is 0 Å². The second kappa shape index (κ2) is 2.27. The molecule has 0 saturated heterocycles. The van der Waals surface area contributed by atoms with Crippen LogP contribution in [0.5, 0.6) is 0 Å². The van der Waals surface area contributed by atoms with Gasteiger partial charge in [0, 0.05) is 6.54 Å². The predicted octanol–water partition coefficient (Wildman–Crippen LogP) is -0.677. The van der Waals surface area contributed by atoms with Crippen molar-refractivity contribution in [2.75, 3.05) is 6.54 Å². The third kappa shape index (κ3) is 0.957. The molecule has 0 bridgehead atoms. The molecule has 0 unspecified atom stereocenters. The number of nitrogens with zero attached hydrogens (tertiary/aromatic N) is 1. The lowest BCUT2D eigenvalue weighted by Crippen LogP contribution is -2.33. The van der Waals surface area contributed by atoms with E-state index in [1.807, 2.05) is 0 Å². The molecule has 4 nitrogen and oxygen atoms in total. The zero-order chi connectivity index (χ0) is 7.61. The summed E-state index contributed by atoms with van der Waals surface area (Å²) < 4.78 is 0. The molecule has 1 aliphatic carbocycles. The first-order valence-electron chi connectivity index (χ1n) is 3.15. The molecule has 0 heterocycles. The van der Waals surface area contributed by atoms with Gasteiger partial charge in [-0.25, -0.2) is 0 Å². The smallest absolute Gasteiger partial charge is 0.240 e. The van der Waals surface area contributed by atoms with Gasteiger partial charge in [0.25, 0.3) is 0 Å². The number of nitrogens with two attached hydrogens (primary N) is 1. The van der Waals surface area contributed by atoms with Gasteiger partial charge in [-0.05, 0) is 12.8 Å². The van der Waals surface area contributed by atoms with Crippen LogP contribution in [0.2, 0.25) is 0 Å². The monoisotopic (exact) mass is 139 g/mol. The van der Waals surface area contributed by atoms with Crippen LogP contribution in [0.1, 0.15) is 12.8 Å². The maximum absolute atomic E-state index is 10.9. The van der Waals surface area contributed by atoms with Crippen LogP contribution < -0.4 is 11.1 Å². The van der Waals surface area contributed by atoms with Crippen molar-refractivity contribution >= 4 is 5.91 Å². The Morgan fingerprint density at radius 2 is 2.40 bits per heavy atom. The lowest BCUT2D eigenvalue weighted by atomic mass is 10.1. The average molecular weight is 139 g/mol. The quantitative estimate of drug-likeness (QED) is 0.393. The molecule has 4 heteroatoms. The number of carbonyl (C=O) groups excluding carboxylic acids is 1. The van der Waals surface area contributed by atoms with Crippen LogP contribution in [0.3, 0.4) is 0 Å². The zero-order valence-corrected chi connectivity index (χ0v) is 5.55. The highest BCUT2D eigenvalue weighted by Gasteiger charge is 2.48. The molecule has 0 aromatic heterocycles. The van der Waals surface area contributed by atoms with Crippen LogP contribution in [-0.2, 0) is 4.79 Å². The largest absolute Gasteiger partial charge is 0.329 e. The maximum Gasteiger partial charge on any atom is 0.240 e. The van der Waals surface area contributed by atoms with Crippen molar-refractivity contribution in [3.63, 3.8) is 0 Å². The second-order valence-corrected chi connectivity index (χ2v) is 2.55. The molecule has 0 aromatic carbocycles. The van der Waals surface area contributed by atoms with E-state index in [1.54, 1.807) is 6.19 Å². The van der Waals surface area contributed by atoms with Gasteiger partial charge in [-0.1, -0.05) is 0 Å². The Morgan fingerprint density at radius 1 is 1.80 bits per heavy atom. The summed E-state index contributed by atoms with van der Waals surface area (Å²) in [6.45, 7) is 0.348. The normalized spacial score (nSPS) is 19.2. The zero-order valence-electron chi connectivity index (χ0n) is 5.55. The van der Waals surface area contributed by atoms with Crippen molar-refractivity contribution in [1.82, 2.24) is 5.32 Å². The van der Waals surface area contributed by atoms with E-state index in [9.17, 15) is 4.79 Å².